The van der Waals surface area contributed by atoms with Gasteiger partial charge in [0.2, 0.25) is 0 Å². The second-order valence-electron chi connectivity index (χ2n) is 1.68. The number of rotatable bonds is 3. The molecule has 6 heteroatoms. The van der Waals surface area contributed by atoms with E-state index in [2.05, 4.69) is 4.72 Å². The van der Waals surface area contributed by atoms with Gasteiger partial charge >= 0.3 is 10.3 Å². The van der Waals surface area contributed by atoms with Gasteiger partial charge in [-0.05, 0) is 6.42 Å². The first-order chi connectivity index (χ1) is 4.45. The SMILES string of the molecule is CCCC(=O)[N]S(=O)(=O)O. The van der Waals surface area contributed by atoms with Gasteiger partial charge < -0.3 is 0 Å². The third-order valence-corrected chi connectivity index (χ3v) is 1.12. The normalized spacial score (nSPS) is 11.0. The molecule has 1 radical (unpaired) electrons. The highest BCUT2D eigenvalue weighted by molar-refractivity contribution is 7.84. The van der Waals surface area contributed by atoms with Crippen LogP contribution in [0, 0.1) is 0 Å². The minimum atomic E-state index is -4.47. The summed E-state index contributed by atoms with van der Waals surface area (Å²) < 4.78 is 30.3. The largest absolute Gasteiger partial charge is 0.381 e. The number of amides is 1. The van der Waals surface area contributed by atoms with E-state index in [0.29, 0.717) is 6.42 Å². The van der Waals surface area contributed by atoms with Crippen molar-refractivity contribution in [3.63, 3.8) is 0 Å². The van der Waals surface area contributed by atoms with Crippen LogP contribution < -0.4 is 4.72 Å². The van der Waals surface area contributed by atoms with Gasteiger partial charge in [-0.3, -0.25) is 9.35 Å². The summed E-state index contributed by atoms with van der Waals surface area (Å²) in [5.74, 6) is -0.815. The molecule has 0 bridgehead atoms. The summed E-state index contributed by atoms with van der Waals surface area (Å²) in [6, 6.07) is 0. The summed E-state index contributed by atoms with van der Waals surface area (Å²) in [7, 11) is -4.47. The Hall–Kier alpha value is -0.620. The molecule has 0 aromatic carbocycles. The summed E-state index contributed by atoms with van der Waals surface area (Å²) in [5, 5.41) is 0. The zero-order chi connectivity index (χ0) is 8.20. The molecule has 0 aromatic heterocycles. The average molecular weight is 166 g/mol. The van der Waals surface area contributed by atoms with Gasteiger partial charge in [0.1, 0.15) is 0 Å². The average Bonchev–Trinajstić information content (AvgIpc) is 1.59. The third-order valence-electron chi connectivity index (χ3n) is 0.681. The Labute approximate surface area is 59.3 Å². The predicted molar refractivity (Wildman–Crippen MR) is 33.6 cm³/mol. The lowest BCUT2D eigenvalue weighted by molar-refractivity contribution is -0.119. The maximum absolute atomic E-state index is 10.4. The van der Waals surface area contributed by atoms with Crippen molar-refractivity contribution in [3.05, 3.63) is 0 Å². The van der Waals surface area contributed by atoms with E-state index >= 15 is 0 Å². The van der Waals surface area contributed by atoms with Gasteiger partial charge in [-0.15, -0.1) is 4.72 Å². The van der Waals surface area contributed by atoms with Crippen molar-refractivity contribution >= 4 is 16.2 Å². The molecular weight excluding hydrogens is 158 g/mol. The number of nitrogens with zero attached hydrogens (tertiary/aromatic N) is 1. The van der Waals surface area contributed by atoms with Crippen LogP contribution in [0.1, 0.15) is 19.8 Å². The Morgan fingerprint density at radius 2 is 2.10 bits per heavy atom. The van der Waals surface area contributed by atoms with Crippen LogP contribution in [0.25, 0.3) is 0 Å². The summed E-state index contributed by atoms with van der Waals surface area (Å²) >= 11 is 0. The summed E-state index contributed by atoms with van der Waals surface area (Å²) in [6.07, 6.45) is 0.553. The molecule has 10 heavy (non-hydrogen) atoms. The van der Waals surface area contributed by atoms with E-state index in [1.807, 2.05) is 0 Å². The van der Waals surface area contributed by atoms with Gasteiger partial charge in [0.15, 0.2) is 0 Å². The van der Waals surface area contributed by atoms with E-state index in [1.54, 1.807) is 6.92 Å². The van der Waals surface area contributed by atoms with Crippen LogP contribution in [0.4, 0.5) is 0 Å². The van der Waals surface area contributed by atoms with E-state index in [9.17, 15) is 13.2 Å². The molecule has 1 N–H and O–H groups in total. The van der Waals surface area contributed by atoms with E-state index in [1.165, 1.54) is 0 Å². The molecule has 0 saturated carbocycles. The smallest absolute Gasteiger partial charge is 0.272 e. The zero-order valence-electron chi connectivity index (χ0n) is 5.44. The van der Waals surface area contributed by atoms with Gasteiger partial charge in [-0.2, -0.15) is 8.42 Å². The molecule has 0 aliphatic carbocycles. The maximum Gasteiger partial charge on any atom is 0.381 e. The van der Waals surface area contributed by atoms with Crippen molar-refractivity contribution in [1.29, 1.82) is 0 Å². The molecule has 0 atom stereocenters. The van der Waals surface area contributed by atoms with Crippen LogP contribution in [0.15, 0.2) is 0 Å². The van der Waals surface area contributed by atoms with Crippen LogP contribution in [0.5, 0.6) is 0 Å². The molecule has 0 saturated heterocycles. The van der Waals surface area contributed by atoms with E-state index in [4.69, 9.17) is 4.55 Å². The molecule has 0 aromatic rings. The van der Waals surface area contributed by atoms with Crippen molar-refractivity contribution in [1.82, 2.24) is 4.72 Å². The molecular formula is C4H8NO4S. The monoisotopic (exact) mass is 166 g/mol. The Kier molecular flexibility index (Phi) is 3.31. The first-order valence-corrected chi connectivity index (χ1v) is 4.08. The highest BCUT2D eigenvalue weighted by Crippen LogP contribution is 1.88. The minimum Gasteiger partial charge on any atom is -0.272 e. The van der Waals surface area contributed by atoms with Crippen molar-refractivity contribution in [2.24, 2.45) is 0 Å². The fourth-order valence-corrected chi connectivity index (χ4v) is 0.737. The van der Waals surface area contributed by atoms with Crippen LogP contribution >= 0.6 is 0 Å². The van der Waals surface area contributed by atoms with Crippen molar-refractivity contribution in [2.45, 2.75) is 19.8 Å². The zero-order valence-corrected chi connectivity index (χ0v) is 6.26. The lowest BCUT2D eigenvalue weighted by atomic mass is 10.3. The standard InChI is InChI=1S/C4H8NO4S/c1-2-3-4(6)5-10(7,8)9/h2-3H2,1H3,(H,7,8,9). The molecule has 5 nitrogen and oxygen atoms in total. The quantitative estimate of drug-likeness (QED) is 0.584. The molecule has 0 aliphatic rings. The number of hydrogen-bond donors (Lipinski definition) is 1. The highest BCUT2D eigenvalue weighted by Gasteiger charge is 2.11. The summed E-state index contributed by atoms with van der Waals surface area (Å²) in [4.78, 5) is 10.4. The Morgan fingerprint density at radius 1 is 1.60 bits per heavy atom. The molecule has 0 unspecified atom stereocenters. The summed E-state index contributed by atoms with van der Waals surface area (Å²) in [6.45, 7) is 1.71. The van der Waals surface area contributed by atoms with Gasteiger partial charge in [0, 0.05) is 6.42 Å². The molecule has 0 fully saturated rings. The van der Waals surface area contributed by atoms with E-state index in [0.717, 1.165) is 0 Å². The lowest BCUT2D eigenvalue weighted by Gasteiger charge is -1.93. The number of carbonyl (C=O) groups excluding carboxylic acids is 1. The first kappa shape index (κ1) is 9.38. The van der Waals surface area contributed by atoms with Gasteiger partial charge in [0.25, 0.3) is 5.91 Å². The maximum atomic E-state index is 10.4. The number of hydrogen-bond acceptors (Lipinski definition) is 3. The molecule has 0 rings (SSSR count). The van der Waals surface area contributed by atoms with Gasteiger partial charge in [-0.1, -0.05) is 6.92 Å². The topological polar surface area (TPSA) is 85.5 Å². The van der Waals surface area contributed by atoms with Crippen LogP contribution in [0.2, 0.25) is 0 Å². The molecule has 1 amide bonds. The Bertz CT molecular complexity index is 207. The van der Waals surface area contributed by atoms with Gasteiger partial charge in [0.05, 0.1) is 0 Å². The van der Waals surface area contributed by atoms with Crippen LogP contribution in [-0.4, -0.2) is 18.9 Å². The Balaban J connectivity index is 3.82. The molecule has 59 valence electrons. The molecule has 0 spiro atoms. The minimum absolute atomic E-state index is 0.0415. The second-order valence-corrected chi connectivity index (χ2v) is 2.76. The number of carbonyl (C=O) groups is 1. The molecule has 0 heterocycles. The van der Waals surface area contributed by atoms with Crippen LogP contribution in [-0.2, 0) is 15.1 Å². The van der Waals surface area contributed by atoms with Crippen molar-refractivity contribution < 1.29 is 17.8 Å². The van der Waals surface area contributed by atoms with Crippen LogP contribution in [0.3, 0.4) is 0 Å². The fraction of sp³-hybridized carbons (Fsp3) is 0.750. The molecule has 0 aliphatic heterocycles. The first-order valence-electron chi connectivity index (χ1n) is 2.69. The van der Waals surface area contributed by atoms with E-state index in [-0.39, 0.29) is 6.42 Å². The second kappa shape index (κ2) is 3.52. The van der Waals surface area contributed by atoms with Crippen molar-refractivity contribution in [3.8, 4) is 0 Å². The van der Waals surface area contributed by atoms with Crippen molar-refractivity contribution in [2.75, 3.05) is 0 Å². The van der Waals surface area contributed by atoms with Gasteiger partial charge in [-0.25, -0.2) is 0 Å². The highest BCUT2D eigenvalue weighted by atomic mass is 32.2. The fourth-order valence-electron chi connectivity index (χ4n) is 0.388. The summed E-state index contributed by atoms with van der Waals surface area (Å²) in [5.41, 5.74) is 0. The lowest BCUT2D eigenvalue weighted by Crippen LogP contribution is -2.21. The predicted octanol–water partition coefficient (Wildman–Crippen LogP) is -0.280. The van der Waals surface area contributed by atoms with E-state index < -0.39 is 16.2 Å². The Morgan fingerprint density at radius 3 is 2.40 bits per heavy atom. The third kappa shape index (κ3) is 5.52.